The number of halogens is 3. The van der Waals surface area contributed by atoms with Gasteiger partial charge in [0.25, 0.3) is 0 Å². The van der Waals surface area contributed by atoms with Crippen LogP contribution in [0.15, 0.2) is 60.2 Å². The maximum Gasteiger partial charge on any atom is 0.416 e. The van der Waals surface area contributed by atoms with Crippen LogP contribution in [0.4, 0.5) is 13.2 Å². The maximum atomic E-state index is 12.7. The fourth-order valence-corrected chi connectivity index (χ4v) is 2.98. The van der Waals surface area contributed by atoms with E-state index in [9.17, 15) is 18.0 Å². The summed E-state index contributed by atoms with van der Waals surface area (Å²) >= 11 is 0. The Balaban J connectivity index is 2.00. The summed E-state index contributed by atoms with van der Waals surface area (Å²) in [5.74, 6) is -0.207. The van der Waals surface area contributed by atoms with E-state index in [-0.39, 0.29) is 11.8 Å². The molecule has 1 unspecified atom stereocenters. The number of benzene rings is 2. The highest BCUT2D eigenvalue weighted by Crippen LogP contribution is 2.36. The van der Waals surface area contributed by atoms with Gasteiger partial charge in [0.2, 0.25) is 5.91 Å². The second kappa shape index (κ2) is 6.15. The Morgan fingerprint density at radius 3 is 2.21 bits per heavy atom. The third kappa shape index (κ3) is 3.20. The molecule has 0 radical (unpaired) electrons. The van der Waals surface area contributed by atoms with Crippen LogP contribution in [0, 0.1) is 0 Å². The van der Waals surface area contributed by atoms with E-state index >= 15 is 0 Å². The van der Waals surface area contributed by atoms with E-state index in [2.05, 4.69) is 5.32 Å². The Hall–Kier alpha value is -2.56. The molecule has 1 heterocycles. The summed E-state index contributed by atoms with van der Waals surface area (Å²) in [4.78, 5) is 12.1. The fourth-order valence-electron chi connectivity index (χ4n) is 2.98. The van der Waals surface area contributed by atoms with E-state index < -0.39 is 11.7 Å². The molecule has 5 heteroatoms. The van der Waals surface area contributed by atoms with Crippen LogP contribution in [-0.4, -0.2) is 5.91 Å². The van der Waals surface area contributed by atoms with Crippen molar-refractivity contribution in [3.05, 3.63) is 76.9 Å². The minimum Gasteiger partial charge on any atom is -0.326 e. The zero-order valence-corrected chi connectivity index (χ0v) is 13.0. The summed E-state index contributed by atoms with van der Waals surface area (Å²) < 4.78 is 38.1. The van der Waals surface area contributed by atoms with Gasteiger partial charge in [-0.1, -0.05) is 42.5 Å². The van der Waals surface area contributed by atoms with Crippen LogP contribution in [0.5, 0.6) is 0 Å². The number of hydrogen-bond donors (Lipinski definition) is 1. The molecular formula is C19H16F3NO. The number of alkyl halides is 3. The molecule has 1 aliphatic rings. The first-order valence-electron chi connectivity index (χ1n) is 7.59. The van der Waals surface area contributed by atoms with E-state index in [0.717, 1.165) is 23.3 Å². The van der Waals surface area contributed by atoms with Crippen molar-refractivity contribution in [2.45, 2.75) is 25.4 Å². The first kappa shape index (κ1) is 16.3. The van der Waals surface area contributed by atoms with Gasteiger partial charge >= 0.3 is 6.18 Å². The highest BCUT2D eigenvalue weighted by Gasteiger charge is 2.31. The van der Waals surface area contributed by atoms with Gasteiger partial charge in [0.05, 0.1) is 5.56 Å². The summed E-state index contributed by atoms with van der Waals surface area (Å²) in [6.45, 7) is 1.91. The van der Waals surface area contributed by atoms with Gasteiger partial charge in [-0.3, -0.25) is 4.79 Å². The third-order valence-electron chi connectivity index (χ3n) is 4.27. The molecule has 2 aromatic carbocycles. The average Bonchev–Trinajstić information content (AvgIpc) is 2.57. The lowest BCUT2D eigenvalue weighted by Crippen LogP contribution is -2.30. The van der Waals surface area contributed by atoms with E-state index in [1.807, 2.05) is 37.3 Å². The van der Waals surface area contributed by atoms with Gasteiger partial charge in [0, 0.05) is 18.0 Å². The van der Waals surface area contributed by atoms with Crippen molar-refractivity contribution in [1.29, 1.82) is 0 Å². The minimum absolute atomic E-state index is 0.0720. The van der Waals surface area contributed by atoms with E-state index in [1.54, 1.807) is 0 Å². The first-order chi connectivity index (χ1) is 11.4. The summed E-state index contributed by atoms with van der Waals surface area (Å²) in [5.41, 5.74) is 2.43. The lowest BCUT2D eigenvalue weighted by atomic mass is 9.84. The number of allylic oxidation sites excluding steroid dienone is 1. The molecule has 0 aromatic heterocycles. The van der Waals surface area contributed by atoms with Gasteiger partial charge in [0.15, 0.2) is 0 Å². The molecule has 2 aromatic rings. The molecule has 124 valence electrons. The van der Waals surface area contributed by atoms with E-state index in [0.29, 0.717) is 17.7 Å². The van der Waals surface area contributed by atoms with Crippen LogP contribution >= 0.6 is 0 Å². The fraction of sp³-hybridized carbons (Fsp3) is 0.211. The monoisotopic (exact) mass is 331 g/mol. The molecule has 24 heavy (non-hydrogen) atoms. The van der Waals surface area contributed by atoms with Crippen LogP contribution in [-0.2, 0) is 11.0 Å². The molecule has 3 rings (SSSR count). The van der Waals surface area contributed by atoms with Gasteiger partial charge in [0.1, 0.15) is 0 Å². The smallest absolute Gasteiger partial charge is 0.326 e. The highest BCUT2D eigenvalue weighted by atomic mass is 19.4. The molecule has 1 N–H and O–H groups in total. The van der Waals surface area contributed by atoms with Crippen molar-refractivity contribution in [3.8, 4) is 0 Å². The molecule has 0 fully saturated rings. The zero-order chi connectivity index (χ0) is 17.3. The molecule has 0 saturated carbocycles. The number of carbonyl (C=O) groups excluding carboxylic acids is 1. The average molecular weight is 331 g/mol. The van der Waals surface area contributed by atoms with E-state index in [1.165, 1.54) is 12.1 Å². The van der Waals surface area contributed by atoms with Gasteiger partial charge in [-0.15, -0.1) is 0 Å². The number of hydrogen-bond acceptors (Lipinski definition) is 1. The third-order valence-corrected chi connectivity index (χ3v) is 4.27. The molecular weight excluding hydrogens is 315 g/mol. The quantitative estimate of drug-likeness (QED) is 0.846. The molecule has 0 spiro atoms. The summed E-state index contributed by atoms with van der Waals surface area (Å²) in [6, 6.07) is 14.5. The molecule has 1 atom stereocenters. The van der Waals surface area contributed by atoms with Crippen molar-refractivity contribution in [1.82, 2.24) is 5.32 Å². The number of amides is 1. The van der Waals surface area contributed by atoms with Crippen molar-refractivity contribution in [3.63, 3.8) is 0 Å². The first-order valence-corrected chi connectivity index (χ1v) is 7.59. The van der Waals surface area contributed by atoms with Gasteiger partial charge in [-0.05, 0) is 35.8 Å². The van der Waals surface area contributed by atoms with Crippen LogP contribution in [0.1, 0.15) is 36.0 Å². The molecule has 1 aliphatic heterocycles. The van der Waals surface area contributed by atoms with Gasteiger partial charge in [-0.2, -0.15) is 13.2 Å². The lowest BCUT2D eigenvalue weighted by Gasteiger charge is -2.27. The molecule has 0 aliphatic carbocycles. The number of nitrogens with one attached hydrogen (secondary N) is 1. The van der Waals surface area contributed by atoms with Crippen LogP contribution in [0.3, 0.4) is 0 Å². The second-order valence-electron chi connectivity index (χ2n) is 5.85. The Morgan fingerprint density at radius 1 is 1.00 bits per heavy atom. The van der Waals surface area contributed by atoms with Gasteiger partial charge < -0.3 is 5.32 Å². The largest absolute Gasteiger partial charge is 0.416 e. The van der Waals surface area contributed by atoms with Crippen molar-refractivity contribution < 1.29 is 18.0 Å². The van der Waals surface area contributed by atoms with E-state index in [4.69, 9.17) is 0 Å². The minimum atomic E-state index is -4.37. The molecule has 0 saturated heterocycles. The Bertz CT molecular complexity index is 777. The predicted octanol–water partition coefficient (Wildman–Crippen LogP) is 4.74. The maximum absolute atomic E-state index is 12.7. The Kier molecular flexibility index (Phi) is 4.18. The predicted molar refractivity (Wildman–Crippen MR) is 86.0 cm³/mol. The molecule has 1 amide bonds. The number of rotatable bonds is 2. The SMILES string of the molecule is CC1=C(c2ccc(C(F)(F)F)cc2)NC(=O)CC1c1ccccc1. The van der Waals surface area contributed by atoms with Crippen molar-refractivity contribution >= 4 is 11.6 Å². The number of carbonyl (C=O) groups is 1. The van der Waals surface area contributed by atoms with Gasteiger partial charge in [-0.25, -0.2) is 0 Å². The molecule has 2 nitrogen and oxygen atoms in total. The lowest BCUT2D eigenvalue weighted by molar-refractivity contribution is -0.137. The zero-order valence-electron chi connectivity index (χ0n) is 13.0. The summed E-state index contributed by atoms with van der Waals surface area (Å²) in [5, 5.41) is 2.80. The topological polar surface area (TPSA) is 29.1 Å². The Labute approximate surface area is 138 Å². The van der Waals surface area contributed by atoms with Crippen molar-refractivity contribution in [2.24, 2.45) is 0 Å². The standard InChI is InChI=1S/C19H16F3NO/c1-12-16(13-5-3-2-4-6-13)11-17(24)23-18(12)14-7-9-15(10-8-14)19(20,21)22/h2-10,16H,11H2,1H3,(H,23,24). The van der Waals surface area contributed by atoms with Crippen LogP contribution in [0.25, 0.3) is 5.70 Å². The summed E-state index contributed by atoms with van der Waals surface area (Å²) in [6.07, 6.45) is -4.04. The summed E-state index contributed by atoms with van der Waals surface area (Å²) in [7, 11) is 0. The second-order valence-corrected chi connectivity index (χ2v) is 5.85. The Morgan fingerprint density at radius 2 is 1.62 bits per heavy atom. The highest BCUT2D eigenvalue weighted by molar-refractivity contribution is 5.91. The van der Waals surface area contributed by atoms with Crippen LogP contribution < -0.4 is 5.32 Å². The van der Waals surface area contributed by atoms with Crippen LogP contribution in [0.2, 0.25) is 0 Å². The normalized spacial score (nSPS) is 18.5. The van der Waals surface area contributed by atoms with Crippen molar-refractivity contribution in [2.75, 3.05) is 0 Å². The molecule has 0 bridgehead atoms.